The SMILES string of the molecule is NC1(Cc2nccs2)CCCCC1. The van der Waals surface area contributed by atoms with E-state index in [1.165, 1.54) is 37.1 Å². The van der Waals surface area contributed by atoms with E-state index < -0.39 is 0 Å². The summed E-state index contributed by atoms with van der Waals surface area (Å²) in [5.74, 6) is 0. The van der Waals surface area contributed by atoms with Gasteiger partial charge < -0.3 is 5.73 Å². The standard InChI is InChI=1S/C10H16N2S/c11-10(4-2-1-3-5-10)8-9-12-6-7-13-9/h6-7H,1-5,8,11H2. The molecule has 0 unspecified atom stereocenters. The second-order valence-corrected chi connectivity index (χ2v) is 5.00. The fourth-order valence-corrected chi connectivity index (χ4v) is 2.85. The minimum Gasteiger partial charge on any atom is -0.325 e. The zero-order valence-electron chi connectivity index (χ0n) is 7.83. The predicted molar refractivity (Wildman–Crippen MR) is 55.8 cm³/mol. The first-order valence-corrected chi connectivity index (χ1v) is 5.84. The van der Waals surface area contributed by atoms with Crippen LogP contribution in [0.15, 0.2) is 11.6 Å². The van der Waals surface area contributed by atoms with Crippen molar-refractivity contribution in [2.24, 2.45) is 5.73 Å². The van der Waals surface area contributed by atoms with Gasteiger partial charge in [-0.25, -0.2) is 4.98 Å². The van der Waals surface area contributed by atoms with Crippen LogP contribution in [0.5, 0.6) is 0 Å². The molecule has 2 nitrogen and oxygen atoms in total. The third-order valence-electron chi connectivity index (χ3n) is 2.84. The quantitative estimate of drug-likeness (QED) is 0.788. The van der Waals surface area contributed by atoms with Crippen molar-refractivity contribution in [1.29, 1.82) is 0 Å². The van der Waals surface area contributed by atoms with Gasteiger partial charge in [0, 0.05) is 23.5 Å². The van der Waals surface area contributed by atoms with Gasteiger partial charge in [0.25, 0.3) is 0 Å². The van der Waals surface area contributed by atoms with E-state index in [0.29, 0.717) is 0 Å². The van der Waals surface area contributed by atoms with Crippen LogP contribution in [0.25, 0.3) is 0 Å². The number of aromatic nitrogens is 1. The van der Waals surface area contributed by atoms with Crippen molar-refractivity contribution in [3.8, 4) is 0 Å². The summed E-state index contributed by atoms with van der Waals surface area (Å²) < 4.78 is 0. The Hall–Kier alpha value is -0.410. The van der Waals surface area contributed by atoms with Gasteiger partial charge in [-0.05, 0) is 12.8 Å². The Morgan fingerprint density at radius 1 is 1.38 bits per heavy atom. The molecule has 0 aliphatic heterocycles. The lowest BCUT2D eigenvalue weighted by atomic mass is 9.80. The summed E-state index contributed by atoms with van der Waals surface area (Å²) in [7, 11) is 0. The van der Waals surface area contributed by atoms with E-state index in [0.717, 1.165) is 6.42 Å². The van der Waals surface area contributed by atoms with Gasteiger partial charge in [0.1, 0.15) is 0 Å². The van der Waals surface area contributed by atoms with Crippen molar-refractivity contribution in [3.05, 3.63) is 16.6 Å². The summed E-state index contributed by atoms with van der Waals surface area (Å²) >= 11 is 1.72. The van der Waals surface area contributed by atoms with Gasteiger partial charge in [-0.2, -0.15) is 0 Å². The van der Waals surface area contributed by atoms with Crippen molar-refractivity contribution >= 4 is 11.3 Å². The molecule has 1 aliphatic rings. The molecule has 0 amide bonds. The highest BCUT2D eigenvalue weighted by Gasteiger charge is 2.28. The molecule has 0 aromatic carbocycles. The predicted octanol–water partition coefficient (Wildman–Crippen LogP) is 2.35. The highest BCUT2D eigenvalue weighted by Crippen LogP contribution is 2.29. The van der Waals surface area contributed by atoms with E-state index in [1.807, 2.05) is 11.6 Å². The molecule has 1 heterocycles. The van der Waals surface area contributed by atoms with E-state index in [9.17, 15) is 0 Å². The monoisotopic (exact) mass is 196 g/mol. The first-order chi connectivity index (χ1) is 6.29. The van der Waals surface area contributed by atoms with E-state index in [-0.39, 0.29) is 5.54 Å². The van der Waals surface area contributed by atoms with Crippen LogP contribution >= 0.6 is 11.3 Å². The number of rotatable bonds is 2. The highest BCUT2D eigenvalue weighted by atomic mass is 32.1. The lowest BCUT2D eigenvalue weighted by molar-refractivity contribution is 0.294. The Morgan fingerprint density at radius 3 is 2.77 bits per heavy atom. The van der Waals surface area contributed by atoms with Gasteiger partial charge in [0.05, 0.1) is 5.01 Å². The van der Waals surface area contributed by atoms with Gasteiger partial charge >= 0.3 is 0 Å². The van der Waals surface area contributed by atoms with E-state index in [4.69, 9.17) is 5.73 Å². The average Bonchev–Trinajstić information content (AvgIpc) is 2.57. The van der Waals surface area contributed by atoms with E-state index >= 15 is 0 Å². The Bertz CT molecular complexity index is 250. The van der Waals surface area contributed by atoms with Crippen LogP contribution in [-0.2, 0) is 6.42 Å². The van der Waals surface area contributed by atoms with Crippen molar-refractivity contribution in [2.45, 2.75) is 44.1 Å². The average molecular weight is 196 g/mol. The third kappa shape index (κ3) is 2.29. The molecule has 1 aromatic rings. The number of hydrogen-bond acceptors (Lipinski definition) is 3. The van der Waals surface area contributed by atoms with Crippen LogP contribution in [0.4, 0.5) is 0 Å². The molecule has 2 N–H and O–H groups in total. The normalized spacial score (nSPS) is 21.6. The second-order valence-electron chi connectivity index (χ2n) is 4.03. The number of nitrogens with two attached hydrogens (primary N) is 1. The molecule has 2 rings (SSSR count). The van der Waals surface area contributed by atoms with Gasteiger partial charge in [-0.15, -0.1) is 11.3 Å². The maximum Gasteiger partial charge on any atom is 0.0943 e. The largest absolute Gasteiger partial charge is 0.325 e. The number of nitrogens with zero attached hydrogens (tertiary/aromatic N) is 1. The Kier molecular flexibility index (Phi) is 2.65. The molecule has 0 bridgehead atoms. The van der Waals surface area contributed by atoms with Crippen LogP contribution in [0.1, 0.15) is 37.1 Å². The Labute approximate surface area is 83.2 Å². The van der Waals surface area contributed by atoms with Crippen molar-refractivity contribution in [1.82, 2.24) is 4.98 Å². The molecular formula is C10H16N2S. The zero-order chi connectivity index (χ0) is 9.15. The van der Waals surface area contributed by atoms with Crippen LogP contribution in [-0.4, -0.2) is 10.5 Å². The first kappa shape index (κ1) is 9.16. The molecule has 72 valence electrons. The first-order valence-electron chi connectivity index (χ1n) is 4.96. The summed E-state index contributed by atoms with van der Waals surface area (Å²) in [6, 6.07) is 0. The zero-order valence-corrected chi connectivity index (χ0v) is 8.65. The molecule has 1 fully saturated rings. The van der Waals surface area contributed by atoms with E-state index in [2.05, 4.69) is 4.98 Å². The van der Waals surface area contributed by atoms with Crippen LogP contribution in [0, 0.1) is 0 Å². The number of thiazole rings is 1. The van der Waals surface area contributed by atoms with Gasteiger partial charge in [-0.3, -0.25) is 0 Å². The molecule has 1 aromatic heterocycles. The fraction of sp³-hybridized carbons (Fsp3) is 0.700. The topological polar surface area (TPSA) is 38.9 Å². The highest BCUT2D eigenvalue weighted by molar-refractivity contribution is 7.09. The minimum absolute atomic E-state index is 0.0517. The summed E-state index contributed by atoms with van der Waals surface area (Å²) in [5.41, 5.74) is 6.37. The number of hydrogen-bond donors (Lipinski definition) is 1. The third-order valence-corrected chi connectivity index (χ3v) is 3.62. The minimum atomic E-state index is 0.0517. The lowest BCUT2D eigenvalue weighted by Crippen LogP contribution is -2.43. The molecule has 0 saturated heterocycles. The molecule has 13 heavy (non-hydrogen) atoms. The van der Waals surface area contributed by atoms with E-state index in [1.54, 1.807) is 11.3 Å². The summed E-state index contributed by atoms with van der Waals surface area (Å²) in [6.45, 7) is 0. The summed E-state index contributed by atoms with van der Waals surface area (Å²) in [5, 5.41) is 3.23. The van der Waals surface area contributed by atoms with Gasteiger partial charge in [0.2, 0.25) is 0 Å². The van der Waals surface area contributed by atoms with Crippen molar-refractivity contribution < 1.29 is 0 Å². The van der Waals surface area contributed by atoms with Crippen molar-refractivity contribution in [2.75, 3.05) is 0 Å². The van der Waals surface area contributed by atoms with Crippen LogP contribution in [0.3, 0.4) is 0 Å². The smallest absolute Gasteiger partial charge is 0.0943 e. The Balaban J connectivity index is 1.99. The molecule has 0 atom stereocenters. The molecule has 0 radical (unpaired) electrons. The maximum absolute atomic E-state index is 6.32. The van der Waals surface area contributed by atoms with Gasteiger partial charge in [0.15, 0.2) is 0 Å². The van der Waals surface area contributed by atoms with Gasteiger partial charge in [-0.1, -0.05) is 19.3 Å². The fourth-order valence-electron chi connectivity index (χ4n) is 2.07. The lowest BCUT2D eigenvalue weighted by Gasteiger charge is -2.32. The molecular weight excluding hydrogens is 180 g/mol. The molecule has 0 spiro atoms. The molecule has 3 heteroatoms. The van der Waals surface area contributed by atoms with Crippen molar-refractivity contribution in [3.63, 3.8) is 0 Å². The maximum atomic E-state index is 6.32. The second kappa shape index (κ2) is 3.76. The summed E-state index contributed by atoms with van der Waals surface area (Å²) in [6.07, 6.45) is 9.14. The summed E-state index contributed by atoms with van der Waals surface area (Å²) in [4.78, 5) is 4.29. The van der Waals surface area contributed by atoms with Crippen LogP contribution < -0.4 is 5.73 Å². The molecule has 1 saturated carbocycles. The Morgan fingerprint density at radius 2 is 2.15 bits per heavy atom. The van der Waals surface area contributed by atoms with Crippen LogP contribution in [0.2, 0.25) is 0 Å². The molecule has 1 aliphatic carbocycles.